The number of likely N-dealkylation sites (N-methyl/N-ethyl adjacent to an activating group) is 2. The maximum atomic E-state index is 3.35. The summed E-state index contributed by atoms with van der Waals surface area (Å²) in [5, 5.41) is 5.98. The van der Waals surface area contributed by atoms with E-state index in [-0.39, 0.29) is 0 Å². The number of aryl methyl sites for hydroxylation is 1. The van der Waals surface area contributed by atoms with Crippen LogP contribution in [0.5, 0.6) is 0 Å². The second-order valence-corrected chi connectivity index (χ2v) is 4.81. The predicted molar refractivity (Wildman–Crippen MR) is 80.5 cm³/mol. The largest absolute Gasteiger partial charge is 0.373 e. The number of hydrogen-bond donors (Lipinski definition) is 1. The van der Waals surface area contributed by atoms with Crippen molar-refractivity contribution in [1.82, 2.24) is 5.32 Å². The lowest BCUT2D eigenvalue weighted by Crippen LogP contribution is -2.28. The van der Waals surface area contributed by atoms with Gasteiger partial charge in [-0.3, -0.25) is 0 Å². The molecule has 2 rings (SSSR count). The first-order valence-electron chi connectivity index (χ1n) is 6.63. The average molecular weight is 242 g/mol. The van der Waals surface area contributed by atoms with Gasteiger partial charge < -0.3 is 10.2 Å². The molecule has 0 atom stereocenters. The Bertz CT molecular complexity index is 519. The fourth-order valence-electron chi connectivity index (χ4n) is 2.14. The average Bonchev–Trinajstić information content (AvgIpc) is 2.38. The van der Waals surface area contributed by atoms with Crippen LogP contribution >= 0.6 is 0 Å². The lowest BCUT2D eigenvalue weighted by molar-refractivity contribution is 0.706. The summed E-state index contributed by atoms with van der Waals surface area (Å²) >= 11 is 0. The highest BCUT2D eigenvalue weighted by Crippen LogP contribution is 2.22. The fraction of sp³-hybridized carbons (Fsp3) is 0.375. The molecule has 2 aromatic rings. The van der Waals surface area contributed by atoms with Gasteiger partial charge in [-0.25, -0.2) is 0 Å². The zero-order valence-corrected chi connectivity index (χ0v) is 11.5. The Morgan fingerprint density at radius 1 is 1.06 bits per heavy atom. The SMILES string of the molecule is CCNCCN(C)c1ccc2cc(C)ccc2c1. The monoisotopic (exact) mass is 242 g/mol. The summed E-state index contributed by atoms with van der Waals surface area (Å²) in [6, 6.07) is 13.3. The first kappa shape index (κ1) is 12.9. The molecule has 0 radical (unpaired) electrons. The van der Waals surface area contributed by atoms with Gasteiger partial charge in [0.15, 0.2) is 0 Å². The molecule has 2 aromatic carbocycles. The summed E-state index contributed by atoms with van der Waals surface area (Å²) in [4.78, 5) is 2.29. The molecule has 0 unspecified atom stereocenters. The Morgan fingerprint density at radius 3 is 2.56 bits per heavy atom. The molecule has 0 saturated heterocycles. The summed E-state index contributed by atoms with van der Waals surface area (Å²) < 4.78 is 0. The Balaban J connectivity index is 2.16. The highest BCUT2D eigenvalue weighted by molar-refractivity contribution is 5.86. The van der Waals surface area contributed by atoms with Crippen LogP contribution in [0.2, 0.25) is 0 Å². The summed E-state index contributed by atoms with van der Waals surface area (Å²) in [7, 11) is 2.15. The minimum Gasteiger partial charge on any atom is -0.373 e. The van der Waals surface area contributed by atoms with Gasteiger partial charge in [-0.05, 0) is 36.4 Å². The Labute approximate surface area is 110 Å². The molecule has 2 heteroatoms. The number of anilines is 1. The predicted octanol–water partition coefficient (Wildman–Crippen LogP) is 3.19. The van der Waals surface area contributed by atoms with Crippen molar-refractivity contribution in [3.63, 3.8) is 0 Å². The molecular formula is C16H22N2. The molecule has 0 saturated carbocycles. The highest BCUT2D eigenvalue weighted by Gasteiger charge is 2.02. The van der Waals surface area contributed by atoms with Crippen molar-refractivity contribution in [1.29, 1.82) is 0 Å². The zero-order chi connectivity index (χ0) is 13.0. The fourth-order valence-corrected chi connectivity index (χ4v) is 2.14. The van der Waals surface area contributed by atoms with Gasteiger partial charge in [0.1, 0.15) is 0 Å². The van der Waals surface area contributed by atoms with E-state index in [0.29, 0.717) is 0 Å². The van der Waals surface area contributed by atoms with E-state index < -0.39 is 0 Å². The van der Waals surface area contributed by atoms with E-state index in [1.165, 1.54) is 22.0 Å². The third kappa shape index (κ3) is 3.02. The molecule has 0 aliphatic rings. The van der Waals surface area contributed by atoms with Crippen LogP contribution < -0.4 is 10.2 Å². The molecule has 0 heterocycles. The van der Waals surface area contributed by atoms with Crippen molar-refractivity contribution in [2.75, 3.05) is 31.6 Å². The lowest BCUT2D eigenvalue weighted by Gasteiger charge is -2.20. The number of fused-ring (bicyclic) bond motifs is 1. The molecule has 18 heavy (non-hydrogen) atoms. The van der Waals surface area contributed by atoms with E-state index in [4.69, 9.17) is 0 Å². The van der Waals surface area contributed by atoms with E-state index in [9.17, 15) is 0 Å². The minimum atomic E-state index is 1.03. The van der Waals surface area contributed by atoms with Gasteiger partial charge in [0.05, 0.1) is 0 Å². The van der Waals surface area contributed by atoms with Gasteiger partial charge in [-0.2, -0.15) is 0 Å². The standard InChI is InChI=1S/C16H22N2/c1-4-17-9-10-18(3)16-8-7-14-11-13(2)5-6-15(14)12-16/h5-8,11-12,17H,4,9-10H2,1-3H3. The number of hydrogen-bond acceptors (Lipinski definition) is 2. The molecule has 0 amide bonds. The third-order valence-electron chi connectivity index (χ3n) is 3.29. The first-order valence-corrected chi connectivity index (χ1v) is 6.63. The maximum absolute atomic E-state index is 3.35. The molecule has 0 fully saturated rings. The van der Waals surface area contributed by atoms with Crippen molar-refractivity contribution in [2.45, 2.75) is 13.8 Å². The normalized spacial score (nSPS) is 10.8. The molecule has 0 aliphatic heterocycles. The summed E-state index contributed by atoms with van der Waals surface area (Å²) in [5.74, 6) is 0. The summed E-state index contributed by atoms with van der Waals surface area (Å²) in [6.07, 6.45) is 0. The van der Waals surface area contributed by atoms with Crippen molar-refractivity contribution in [3.8, 4) is 0 Å². The van der Waals surface area contributed by atoms with Crippen molar-refractivity contribution in [3.05, 3.63) is 42.0 Å². The molecule has 96 valence electrons. The van der Waals surface area contributed by atoms with Gasteiger partial charge in [0.2, 0.25) is 0 Å². The number of benzene rings is 2. The topological polar surface area (TPSA) is 15.3 Å². The number of rotatable bonds is 5. The van der Waals surface area contributed by atoms with Gasteiger partial charge in [-0.15, -0.1) is 0 Å². The molecule has 0 aliphatic carbocycles. The van der Waals surface area contributed by atoms with E-state index in [1.807, 2.05) is 0 Å². The summed E-state index contributed by atoms with van der Waals surface area (Å²) in [6.45, 7) is 7.36. The van der Waals surface area contributed by atoms with Gasteiger partial charge >= 0.3 is 0 Å². The first-order chi connectivity index (χ1) is 8.70. The minimum absolute atomic E-state index is 1.03. The number of nitrogens with one attached hydrogen (secondary N) is 1. The zero-order valence-electron chi connectivity index (χ0n) is 11.5. The van der Waals surface area contributed by atoms with E-state index in [2.05, 4.69) is 67.5 Å². The second kappa shape index (κ2) is 5.87. The van der Waals surface area contributed by atoms with Crippen molar-refractivity contribution >= 4 is 16.5 Å². The van der Waals surface area contributed by atoms with Crippen LogP contribution in [0.25, 0.3) is 10.8 Å². The van der Waals surface area contributed by atoms with Gasteiger partial charge in [0.25, 0.3) is 0 Å². The molecule has 0 bridgehead atoms. The highest BCUT2D eigenvalue weighted by atomic mass is 15.1. The Morgan fingerprint density at radius 2 is 1.78 bits per heavy atom. The van der Waals surface area contributed by atoms with Crippen LogP contribution in [0.4, 0.5) is 5.69 Å². The Kier molecular flexibility index (Phi) is 4.21. The molecular weight excluding hydrogens is 220 g/mol. The molecule has 0 aromatic heterocycles. The molecule has 1 N–H and O–H groups in total. The third-order valence-corrected chi connectivity index (χ3v) is 3.29. The van der Waals surface area contributed by atoms with E-state index in [1.54, 1.807) is 0 Å². The van der Waals surface area contributed by atoms with Gasteiger partial charge in [-0.1, -0.05) is 36.8 Å². The maximum Gasteiger partial charge on any atom is 0.0370 e. The molecule has 0 spiro atoms. The van der Waals surface area contributed by atoms with E-state index in [0.717, 1.165) is 19.6 Å². The smallest absolute Gasteiger partial charge is 0.0370 e. The van der Waals surface area contributed by atoms with Crippen molar-refractivity contribution in [2.24, 2.45) is 0 Å². The van der Waals surface area contributed by atoms with Crippen LogP contribution in [-0.4, -0.2) is 26.7 Å². The second-order valence-electron chi connectivity index (χ2n) is 4.81. The number of nitrogens with zero attached hydrogens (tertiary/aromatic N) is 1. The van der Waals surface area contributed by atoms with Crippen molar-refractivity contribution < 1.29 is 0 Å². The lowest BCUT2D eigenvalue weighted by atomic mass is 10.1. The van der Waals surface area contributed by atoms with E-state index >= 15 is 0 Å². The summed E-state index contributed by atoms with van der Waals surface area (Å²) in [5.41, 5.74) is 2.60. The van der Waals surface area contributed by atoms with Crippen LogP contribution in [0.3, 0.4) is 0 Å². The van der Waals surface area contributed by atoms with Crippen LogP contribution in [0.15, 0.2) is 36.4 Å². The van der Waals surface area contributed by atoms with Gasteiger partial charge in [0, 0.05) is 25.8 Å². The Hall–Kier alpha value is -1.54. The van der Waals surface area contributed by atoms with Crippen LogP contribution in [0, 0.1) is 6.92 Å². The quantitative estimate of drug-likeness (QED) is 0.810. The van der Waals surface area contributed by atoms with Crippen LogP contribution in [-0.2, 0) is 0 Å². The molecule has 2 nitrogen and oxygen atoms in total. The van der Waals surface area contributed by atoms with Crippen LogP contribution in [0.1, 0.15) is 12.5 Å².